The van der Waals surface area contributed by atoms with E-state index in [-0.39, 0.29) is 18.6 Å². The number of sulfone groups is 1. The second-order valence-corrected chi connectivity index (χ2v) is 9.16. The maximum Gasteiger partial charge on any atom is 0.231 e. The third-order valence-corrected chi connectivity index (χ3v) is 6.37. The van der Waals surface area contributed by atoms with E-state index in [1.807, 2.05) is 23.1 Å². The number of carbonyl (C=O) groups is 1. The number of pyridine rings is 1. The van der Waals surface area contributed by atoms with Crippen molar-refractivity contribution in [3.8, 4) is 11.5 Å². The van der Waals surface area contributed by atoms with Gasteiger partial charge in [-0.25, -0.2) is 8.42 Å². The predicted molar refractivity (Wildman–Crippen MR) is 102 cm³/mol. The van der Waals surface area contributed by atoms with Crippen LogP contribution in [0, 0.1) is 0 Å². The molecule has 0 radical (unpaired) electrons. The van der Waals surface area contributed by atoms with Gasteiger partial charge in [0.2, 0.25) is 12.7 Å². The number of aromatic nitrogens is 1. The lowest BCUT2D eigenvalue weighted by Gasteiger charge is -2.32. The minimum absolute atomic E-state index is 0.0421. The predicted octanol–water partition coefficient (Wildman–Crippen LogP) is 2.16. The summed E-state index contributed by atoms with van der Waals surface area (Å²) in [6, 6.07) is 8.80. The molecule has 2 aromatic rings. The van der Waals surface area contributed by atoms with Gasteiger partial charge in [-0.3, -0.25) is 9.78 Å². The Kier molecular flexibility index (Phi) is 4.97. The van der Waals surface area contributed by atoms with Crippen LogP contribution in [0.4, 0.5) is 0 Å². The molecule has 2 aliphatic heterocycles. The number of amides is 1. The lowest BCUT2D eigenvalue weighted by molar-refractivity contribution is -0.131. The molecule has 4 rings (SSSR count). The first-order valence-electron chi connectivity index (χ1n) is 9.23. The van der Waals surface area contributed by atoms with E-state index in [9.17, 15) is 13.2 Å². The summed E-state index contributed by atoms with van der Waals surface area (Å²) < 4.78 is 34.7. The summed E-state index contributed by atoms with van der Waals surface area (Å²) in [5.74, 6) is 1.48. The van der Waals surface area contributed by atoms with Gasteiger partial charge in [0.25, 0.3) is 0 Å². The maximum absolute atomic E-state index is 12.7. The van der Waals surface area contributed by atoms with Crippen molar-refractivity contribution in [2.75, 3.05) is 26.1 Å². The molecule has 28 heavy (non-hydrogen) atoms. The van der Waals surface area contributed by atoms with Gasteiger partial charge in [0, 0.05) is 31.5 Å². The van der Waals surface area contributed by atoms with E-state index in [4.69, 9.17) is 9.47 Å². The van der Waals surface area contributed by atoms with Gasteiger partial charge in [0.15, 0.2) is 21.3 Å². The first-order chi connectivity index (χ1) is 13.4. The molecule has 1 saturated heterocycles. The van der Waals surface area contributed by atoms with Crippen LogP contribution >= 0.6 is 0 Å². The number of rotatable bonds is 4. The zero-order valence-electron chi connectivity index (χ0n) is 15.6. The summed E-state index contributed by atoms with van der Waals surface area (Å²) in [4.78, 5) is 19.1. The first kappa shape index (κ1) is 18.7. The van der Waals surface area contributed by atoms with Crippen LogP contribution in [0.5, 0.6) is 11.5 Å². The molecule has 2 aliphatic rings. The highest BCUT2D eigenvalue weighted by Gasteiger charge is 2.28. The molecular formula is C20H22N2O5S. The smallest absolute Gasteiger partial charge is 0.231 e. The van der Waals surface area contributed by atoms with E-state index in [2.05, 4.69) is 4.98 Å². The second-order valence-electron chi connectivity index (χ2n) is 7.18. The molecule has 1 fully saturated rings. The van der Waals surface area contributed by atoms with Crippen LogP contribution in [0.15, 0.2) is 41.4 Å². The molecule has 148 valence electrons. The molecule has 1 amide bonds. The molecule has 0 saturated carbocycles. The summed E-state index contributed by atoms with van der Waals surface area (Å²) in [5, 5.41) is 0. The normalized spacial score (nSPS) is 17.0. The standard InChI is InChI=1S/C20H22N2O5S/c1-28(24,25)18-3-2-8-21-20(18)15-6-9-22(10-7-15)19(23)12-14-4-5-16-17(11-14)27-13-26-16/h2-5,8,11,15H,6-7,9-10,12-13H2,1H3. The van der Waals surface area contributed by atoms with Crippen molar-refractivity contribution in [2.45, 2.75) is 30.1 Å². The maximum atomic E-state index is 12.7. The molecule has 0 aliphatic carbocycles. The number of hydrogen-bond donors (Lipinski definition) is 0. The van der Waals surface area contributed by atoms with Gasteiger partial charge in [-0.15, -0.1) is 0 Å². The van der Waals surface area contributed by atoms with E-state index in [0.717, 1.165) is 5.56 Å². The molecule has 0 atom stereocenters. The number of benzene rings is 1. The van der Waals surface area contributed by atoms with Crippen molar-refractivity contribution in [1.82, 2.24) is 9.88 Å². The largest absolute Gasteiger partial charge is 0.454 e. The average Bonchev–Trinajstić information content (AvgIpc) is 3.15. The SMILES string of the molecule is CS(=O)(=O)c1cccnc1C1CCN(C(=O)Cc2ccc3c(c2)OCO3)CC1. The number of nitrogens with zero attached hydrogens (tertiary/aromatic N) is 2. The van der Waals surface area contributed by atoms with Gasteiger partial charge < -0.3 is 14.4 Å². The van der Waals surface area contributed by atoms with E-state index in [1.165, 1.54) is 6.26 Å². The summed E-state index contributed by atoms with van der Waals surface area (Å²) in [6.45, 7) is 1.39. The zero-order chi connectivity index (χ0) is 19.7. The van der Waals surface area contributed by atoms with Crippen molar-refractivity contribution in [3.63, 3.8) is 0 Å². The Morgan fingerprint density at radius 2 is 1.93 bits per heavy atom. The molecule has 3 heterocycles. The van der Waals surface area contributed by atoms with Crippen LogP contribution in [0.1, 0.15) is 30.0 Å². The minimum atomic E-state index is -3.32. The Balaban J connectivity index is 1.40. The zero-order valence-corrected chi connectivity index (χ0v) is 16.4. The first-order valence-corrected chi connectivity index (χ1v) is 11.1. The molecule has 0 N–H and O–H groups in total. The molecule has 0 spiro atoms. The van der Waals surface area contributed by atoms with Crippen molar-refractivity contribution in [2.24, 2.45) is 0 Å². The molecule has 8 heteroatoms. The summed E-state index contributed by atoms with van der Waals surface area (Å²) in [7, 11) is -3.32. The Labute approximate surface area is 164 Å². The lowest BCUT2D eigenvalue weighted by Crippen LogP contribution is -2.39. The van der Waals surface area contributed by atoms with Crippen molar-refractivity contribution >= 4 is 15.7 Å². The number of piperidine rings is 1. The van der Waals surface area contributed by atoms with Gasteiger partial charge in [-0.05, 0) is 42.7 Å². The Morgan fingerprint density at radius 3 is 2.68 bits per heavy atom. The monoisotopic (exact) mass is 402 g/mol. The van der Waals surface area contributed by atoms with E-state index < -0.39 is 9.84 Å². The van der Waals surface area contributed by atoms with Gasteiger partial charge in [-0.2, -0.15) is 0 Å². The van der Waals surface area contributed by atoms with Crippen LogP contribution in [0.2, 0.25) is 0 Å². The molecular weight excluding hydrogens is 380 g/mol. The number of ether oxygens (including phenoxy) is 2. The average molecular weight is 402 g/mol. The fourth-order valence-electron chi connectivity index (χ4n) is 3.76. The highest BCUT2D eigenvalue weighted by molar-refractivity contribution is 7.90. The third-order valence-electron chi connectivity index (χ3n) is 5.23. The van der Waals surface area contributed by atoms with Gasteiger partial charge >= 0.3 is 0 Å². The quantitative estimate of drug-likeness (QED) is 0.779. The highest BCUT2D eigenvalue weighted by Crippen LogP contribution is 2.33. The van der Waals surface area contributed by atoms with Crippen LogP contribution in [-0.2, 0) is 21.1 Å². The Hall–Kier alpha value is -2.61. The van der Waals surface area contributed by atoms with Gasteiger partial charge in [0.05, 0.1) is 17.0 Å². The lowest BCUT2D eigenvalue weighted by atomic mass is 9.92. The fourth-order valence-corrected chi connectivity index (χ4v) is 4.69. The van der Waals surface area contributed by atoms with Crippen molar-refractivity contribution in [1.29, 1.82) is 0 Å². The topological polar surface area (TPSA) is 85.8 Å². The summed E-state index contributed by atoms with van der Waals surface area (Å²) in [6.07, 6.45) is 4.54. The fraction of sp³-hybridized carbons (Fsp3) is 0.400. The van der Waals surface area contributed by atoms with Crippen molar-refractivity contribution < 1.29 is 22.7 Å². The molecule has 0 bridgehead atoms. The second kappa shape index (κ2) is 7.43. The Bertz CT molecular complexity index is 997. The van der Waals surface area contributed by atoms with E-state index in [0.29, 0.717) is 54.4 Å². The van der Waals surface area contributed by atoms with Crippen LogP contribution in [0.25, 0.3) is 0 Å². The Morgan fingerprint density at radius 1 is 1.18 bits per heavy atom. The number of carbonyl (C=O) groups excluding carboxylic acids is 1. The number of fused-ring (bicyclic) bond motifs is 1. The highest BCUT2D eigenvalue weighted by atomic mass is 32.2. The molecule has 0 unspecified atom stereocenters. The molecule has 7 nitrogen and oxygen atoms in total. The van der Waals surface area contributed by atoms with Crippen LogP contribution in [-0.4, -0.2) is 50.3 Å². The van der Waals surface area contributed by atoms with Gasteiger partial charge in [-0.1, -0.05) is 6.07 Å². The molecule has 1 aromatic carbocycles. The molecule has 1 aromatic heterocycles. The van der Waals surface area contributed by atoms with Crippen LogP contribution < -0.4 is 9.47 Å². The van der Waals surface area contributed by atoms with Crippen molar-refractivity contribution in [3.05, 3.63) is 47.8 Å². The summed E-state index contributed by atoms with van der Waals surface area (Å²) >= 11 is 0. The van der Waals surface area contributed by atoms with E-state index >= 15 is 0 Å². The minimum Gasteiger partial charge on any atom is -0.454 e. The van der Waals surface area contributed by atoms with Gasteiger partial charge in [0.1, 0.15) is 0 Å². The summed E-state index contributed by atoms with van der Waals surface area (Å²) in [5.41, 5.74) is 1.51. The number of likely N-dealkylation sites (tertiary alicyclic amines) is 1. The number of hydrogen-bond acceptors (Lipinski definition) is 6. The van der Waals surface area contributed by atoms with Crippen LogP contribution in [0.3, 0.4) is 0 Å². The third kappa shape index (κ3) is 3.82. The van der Waals surface area contributed by atoms with E-state index in [1.54, 1.807) is 18.3 Å².